The number of halogens is 2. The van der Waals surface area contributed by atoms with E-state index in [1.165, 1.54) is 0 Å². The van der Waals surface area contributed by atoms with Gasteiger partial charge in [-0.2, -0.15) is 0 Å². The van der Waals surface area contributed by atoms with Crippen LogP contribution in [0.1, 0.15) is 12.0 Å². The van der Waals surface area contributed by atoms with Crippen molar-refractivity contribution in [1.29, 1.82) is 0 Å². The Hall–Kier alpha value is -1.82. The predicted molar refractivity (Wildman–Crippen MR) is 134 cm³/mol. The summed E-state index contributed by atoms with van der Waals surface area (Å²) < 4.78 is 23.6. The van der Waals surface area contributed by atoms with Crippen LogP contribution in [-0.4, -0.2) is 106 Å². The molecular weight excluding hydrogens is 499 g/mol. The zero-order chi connectivity index (χ0) is 22.9. The Labute approximate surface area is 218 Å². The average Bonchev–Trinajstić information content (AvgIpc) is 2.88. The zero-order valence-electron chi connectivity index (χ0n) is 19.8. The standard InChI is InChI=1S/C23H34N4O6.2ClH/c28-22(26-11-7-24-8-12-26)32-17-20-21(31-16-18-4-2-1-3-5-18)19(6-15-30-20)33-23(29)27-13-9-25-10-14-27;;/h1-5,19-21,24-25H,6-17H2;2*1H/t19-,20-,21+;;/m1../s1. The van der Waals surface area contributed by atoms with E-state index >= 15 is 0 Å². The second-order valence-electron chi connectivity index (χ2n) is 8.43. The summed E-state index contributed by atoms with van der Waals surface area (Å²) in [5.41, 5.74) is 1.01. The van der Waals surface area contributed by atoms with Gasteiger partial charge < -0.3 is 39.4 Å². The van der Waals surface area contributed by atoms with Gasteiger partial charge in [-0.1, -0.05) is 30.3 Å². The second-order valence-corrected chi connectivity index (χ2v) is 8.43. The Morgan fingerprint density at radius 3 is 2.14 bits per heavy atom. The van der Waals surface area contributed by atoms with E-state index < -0.39 is 18.3 Å². The molecular formula is C23H36Cl2N4O6. The first-order chi connectivity index (χ1) is 16.2. The van der Waals surface area contributed by atoms with E-state index in [9.17, 15) is 9.59 Å². The number of rotatable bonds is 6. The normalized spacial score (nSPS) is 24.5. The Balaban J connectivity index is 0.00000216. The summed E-state index contributed by atoms with van der Waals surface area (Å²) in [6.45, 7) is 6.26. The molecule has 3 atom stereocenters. The first-order valence-corrected chi connectivity index (χ1v) is 11.8. The van der Waals surface area contributed by atoms with E-state index in [1.807, 2.05) is 30.3 Å². The van der Waals surface area contributed by atoms with Crippen LogP contribution in [0, 0.1) is 0 Å². The van der Waals surface area contributed by atoms with E-state index in [1.54, 1.807) is 9.80 Å². The highest BCUT2D eigenvalue weighted by Crippen LogP contribution is 2.24. The minimum Gasteiger partial charge on any atom is -0.447 e. The topological polar surface area (TPSA) is 102 Å². The summed E-state index contributed by atoms with van der Waals surface area (Å²) in [6, 6.07) is 9.80. The van der Waals surface area contributed by atoms with Crippen LogP contribution in [0.15, 0.2) is 30.3 Å². The smallest absolute Gasteiger partial charge is 0.410 e. The van der Waals surface area contributed by atoms with Gasteiger partial charge in [0.25, 0.3) is 0 Å². The number of piperazine rings is 2. The molecule has 0 radical (unpaired) electrons. The molecule has 3 saturated heterocycles. The Morgan fingerprint density at radius 1 is 0.914 bits per heavy atom. The number of amides is 2. The number of carbonyl (C=O) groups excluding carboxylic acids is 2. The maximum absolute atomic E-state index is 12.7. The van der Waals surface area contributed by atoms with Crippen molar-refractivity contribution in [2.75, 3.05) is 65.6 Å². The van der Waals surface area contributed by atoms with Crippen LogP contribution in [0.3, 0.4) is 0 Å². The van der Waals surface area contributed by atoms with Crippen molar-refractivity contribution >= 4 is 37.0 Å². The van der Waals surface area contributed by atoms with Gasteiger partial charge in [0.05, 0.1) is 13.2 Å². The minimum absolute atomic E-state index is 0. The molecule has 0 aromatic heterocycles. The van der Waals surface area contributed by atoms with Gasteiger partial charge in [0.15, 0.2) is 0 Å². The van der Waals surface area contributed by atoms with E-state index in [0.717, 1.165) is 31.7 Å². The Morgan fingerprint density at radius 2 is 1.51 bits per heavy atom. The summed E-state index contributed by atoms with van der Waals surface area (Å²) in [6.07, 6.45) is -1.71. The number of benzene rings is 1. The van der Waals surface area contributed by atoms with Gasteiger partial charge in [-0.15, -0.1) is 24.8 Å². The third-order valence-corrected chi connectivity index (χ3v) is 6.13. The average molecular weight is 535 g/mol. The fourth-order valence-corrected chi connectivity index (χ4v) is 4.23. The zero-order valence-corrected chi connectivity index (χ0v) is 21.4. The molecule has 2 amide bonds. The molecule has 3 fully saturated rings. The maximum Gasteiger partial charge on any atom is 0.410 e. The number of hydrogen-bond acceptors (Lipinski definition) is 8. The van der Waals surface area contributed by atoms with Crippen LogP contribution in [0.2, 0.25) is 0 Å². The van der Waals surface area contributed by atoms with Gasteiger partial charge in [0, 0.05) is 58.8 Å². The third kappa shape index (κ3) is 8.66. The lowest BCUT2D eigenvalue weighted by Gasteiger charge is -2.38. The monoisotopic (exact) mass is 534 g/mol. The predicted octanol–water partition coefficient (Wildman–Crippen LogP) is 1.66. The Bertz CT molecular complexity index is 766. The molecule has 0 saturated carbocycles. The van der Waals surface area contributed by atoms with E-state index in [4.69, 9.17) is 18.9 Å². The van der Waals surface area contributed by atoms with Crippen molar-refractivity contribution in [2.45, 2.75) is 31.3 Å². The van der Waals surface area contributed by atoms with Crippen molar-refractivity contribution in [3.63, 3.8) is 0 Å². The molecule has 0 bridgehead atoms. The molecule has 35 heavy (non-hydrogen) atoms. The number of carbonyl (C=O) groups is 2. The molecule has 3 aliphatic heterocycles. The SMILES string of the molecule is Cl.Cl.O=C(OC[C@H]1OCC[C@@H](OC(=O)N2CCNCC2)[C@@H]1OCc1ccccc1)N1CCNCC1. The maximum atomic E-state index is 12.7. The van der Waals surface area contributed by atoms with Crippen LogP contribution < -0.4 is 10.6 Å². The molecule has 3 heterocycles. The highest BCUT2D eigenvalue weighted by molar-refractivity contribution is 5.85. The lowest BCUT2D eigenvalue weighted by molar-refractivity contribution is -0.178. The molecule has 0 unspecified atom stereocenters. The first kappa shape index (κ1) is 29.4. The lowest BCUT2D eigenvalue weighted by Crippen LogP contribution is -2.53. The molecule has 3 aliphatic rings. The summed E-state index contributed by atoms with van der Waals surface area (Å²) in [7, 11) is 0. The van der Waals surface area contributed by atoms with Crippen LogP contribution in [0.25, 0.3) is 0 Å². The molecule has 10 nitrogen and oxygen atoms in total. The fourth-order valence-electron chi connectivity index (χ4n) is 4.23. The molecule has 1 aromatic carbocycles. The van der Waals surface area contributed by atoms with E-state index in [0.29, 0.717) is 45.8 Å². The van der Waals surface area contributed by atoms with Crippen LogP contribution >= 0.6 is 24.8 Å². The van der Waals surface area contributed by atoms with E-state index in [-0.39, 0.29) is 43.6 Å². The van der Waals surface area contributed by atoms with Crippen molar-refractivity contribution in [1.82, 2.24) is 20.4 Å². The summed E-state index contributed by atoms with van der Waals surface area (Å²) in [5.74, 6) is 0. The van der Waals surface area contributed by atoms with Gasteiger partial charge in [-0.25, -0.2) is 9.59 Å². The minimum atomic E-state index is -0.540. The first-order valence-electron chi connectivity index (χ1n) is 11.8. The van der Waals surface area contributed by atoms with Crippen molar-refractivity contribution in [3.05, 3.63) is 35.9 Å². The second kappa shape index (κ2) is 15.3. The molecule has 2 N–H and O–H groups in total. The van der Waals surface area contributed by atoms with Crippen molar-refractivity contribution in [2.24, 2.45) is 0 Å². The van der Waals surface area contributed by atoms with Gasteiger partial charge in [-0.3, -0.25) is 0 Å². The van der Waals surface area contributed by atoms with Gasteiger partial charge in [0.1, 0.15) is 24.9 Å². The Kier molecular flexibility index (Phi) is 12.9. The van der Waals surface area contributed by atoms with Crippen LogP contribution in [-0.2, 0) is 25.6 Å². The number of nitrogens with zero attached hydrogens (tertiary/aromatic N) is 2. The summed E-state index contributed by atoms with van der Waals surface area (Å²) >= 11 is 0. The number of ether oxygens (including phenoxy) is 4. The molecule has 12 heteroatoms. The molecule has 0 aliphatic carbocycles. The summed E-state index contributed by atoms with van der Waals surface area (Å²) in [4.78, 5) is 28.6. The van der Waals surface area contributed by atoms with E-state index in [2.05, 4.69) is 10.6 Å². The lowest BCUT2D eigenvalue weighted by atomic mass is 10.0. The van der Waals surface area contributed by atoms with Gasteiger partial charge >= 0.3 is 12.2 Å². The number of hydrogen-bond donors (Lipinski definition) is 2. The van der Waals surface area contributed by atoms with Crippen LogP contribution in [0.4, 0.5) is 9.59 Å². The van der Waals surface area contributed by atoms with Crippen molar-refractivity contribution in [3.8, 4) is 0 Å². The highest BCUT2D eigenvalue weighted by atomic mass is 35.5. The molecule has 0 spiro atoms. The molecule has 1 aromatic rings. The molecule has 4 rings (SSSR count). The fraction of sp³-hybridized carbons (Fsp3) is 0.652. The largest absolute Gasteiger partial charge is 0.447 e. The van der Waals surface area contributed by atoms with Gasteiger partial charge in [-0.05, 0) is 5.56 Å². The summed E-state index contributed by atoms with van der Waals surface area (Å²) in [5, 5.41) is 6.45. The highest BCUT2D eigenvalue weighted by Gasteiger charge is 2.39. The third-order valence-electron chi connectivity index (χ3n) is 6.13. The quantitative estimate of drug-likeness (QED) is 0.568. The molecule has 198 valence electrons. The number of nitrogens with one attached hydrogen (secondary N) is 2. The van der Waals surface area contributed by atoms with Crippen molar-refractivity contribution < 1.29 is 28.5 Å². The van der Waals surface area contributed by atoms with Crippen LogP contribution in [0.5, 0.6) is 0 Å². The van der Waals surface area contributed by atoms with Gasteiger partial charge in [0.2, 0.25) is 0 Å².